The van der Waals surface area contributed by atoms with Crippen molar-refractivity contribution in [3.8, 4) is 0 Å². The van der Waals surface area contributed by atoms with Gasteiger partial charge in [0.05, 0.1) is 0 Å². The van der Waals surface area contributed by atoms with Crippen LogP contribution in [0, 0.1) is 0 Å². The molecule has 0 aliphatic carbocycles. The minimum atomic E-state index is -2.25. The Kier molecular flexibility index (Phi) is 3.51. The fraction of sp³-hybridized carbons (Fsp3) is 0.667. The van der Waals surface area contributed by atoms with E-state index in [-0.39, 0.29) is 0 Å². The van der Waals surface area contributed by atoms with Crippen molar-refractivity contribution in [3.63, 3.8) is 0 Å². The number of carbonyl (C=O) groups is 1. The lowest BCUT2D eigenvalue weighted by molar-refractivity contribution is -0.120. The Hall–Kier alpha value is 0.760. The van der Waals surface area contributed by atoms with Gasteiger partial charge in [-0.2, -0.15) is 0 Å². The van der Waals surface area contributed by atoms with Gasteiger partial charge >= 0.3 is 0 Å². The molecule has 0 saturated heterocycles. The number of carbonyl (C=O) groups excluding carboxylic acids is 1. The standard InChI is InChI=1S/C3HCl4FO/c4-2(8)1(9)3(5,6)7/h2H. The van der Waals surface area contributed by atoms with Gasteiger partial charge in [0.1, 0.15) is 0 Å². The van der Waals surface area contributed by atoms with Crippen LogP contribution in [0.3, 0.4) is 0 Å². The highest BCUT2D eigenvalue weighted by Crippen LogP contribution is 2.29. The van der Waals surface area contributed by atoms with Crippen molar-refractivity contribution in [1.82, 2.24) is 0 Å². The number of alkyl halides is 5. The fourth-order valence-corrected chi connectivity index (χ4v) is 0.742. The molecule has 9 heavy (non-hydrogen) atoms. The zero-order valence-corrected chi connectivity index (χ0v) is 6.90. The summed E-state index contributed by atoms with van der Waals surface area (Å²) in [6, 6.07) is 0. The van der Waals surface area contributed by atoms with Crippen LogP contribution in [0.25, 0.3) is 0 Å². The van der Waals surface area contributed by atoms with Gasteiger partial charge < -0.3 is 0 Å². The topological polar surface area (TPSA) is 17.1 Å². The molecule has 6 heteroatoms. The maximum Gasteiger partial charge on any atom is 0.253 e. The monoisotopic (exact) mass is 212 g/mol. The summed E-state index contributed by atoms with van der Waals surface area (Å²) in [7, 11) is 0. The smallest absolute Gasteiger partial charge is 0.253 e. The van der Waals surface area contributed by atoms with Crippen LogP contribution in [-0.4, -0.2) is 15.2 Å². The molecule has 0 amide bonds. The van der Waals surface area contributed by atoms with Crippen LogP contribution in [0.4, 0.5) is 4.39 Å². The Labute approximate surface area is 71.0 Å². The van der Waals surface area contributed by atoms with Crippen LogP contribution >= 0.6 is 46.4 Å². The van der Waals surface area contributed by atoms with Gasteiger partial charge in [-0.05, 0) is 0 Å². The molecule has 0 N–H and O–H groups in total. The predicted molar refractivity (Wildman–Crippen MR) is 36.0 cm³/mol. The zero-order chi connectivity index (χ0) is 7.65. The molecule has 0 spiro atoms. The van der Waals surface area contributed by atoms with Gasteiger partial charge in [0.25, 0.3) is 3.79 Å². The van der Waals surface area contributed by atoms with E-state index in [1.54, 1.807) is 0 Å². The molecule has 0 saturated carbocycles. The average Bonchev–Trinajstić information content (AvgIpc) is 1.62. The largest absolute Gasteiger partial charge is 0.290 e. The van der Waals surface area contributed by atoms with E-state index in [0.29, 0.717) is 0 Å². The first-order valence-electron chi connectivity index (χ1n) is 1.75. The van der Waals surface area contributed by atoms with Crippen LogP contribution in [0.1, 0.15) is 0 Å². The van der Waals surface area contributed by atoms with E-state index in [1.165, 1.54) is 0 Å². The van der Waals surface area contributed by atoms with Crippen LogP contribution in [-0.2, 0) is 4.79 Å². The summed E-state index contributed by atoms with van der Waals surface area (Å²) in [5.41, 5.74) is -2.25. The van der Waals surface area contributed by atoms with Crippen LogP contribution in [0.15, 0.2) is 0 Å². The van der Waals surface area contributed by atoms with E-state index in [1.807, 2.05) is 0 Å². The van der Waals surface area contributed by atoms with Crippen molar-refractivity contribution in [1.29, 1.82) is 0 Å². The molecule has 1 unspecified atom stereocenters. The van der Waals surface area contributed by atoms with Crippen LogP contribution in [0.2, 0.25) is 0 Å². The summed E-state index contributed by atoms with van der Waals surface area (Å²) < 4.78 is 9.50. The van der Waals surface area contributed by atoms with E-state index >= 15 is 0 Å². The number of hydrogen-bond acceptors (Lipinski definition) is 1. The molecule has 0 bridgehead atoms. The summed E-state index contributed by atoms with van der Waals surface area (Å²) in [6.07, 6.45) is 0. The number of halogens is 5. The Morgan fingerprint density at radius 3 is 1.78 bits per heavy atom. The van der Waals surface area contributed by atoms with Crippen molar-refractivity contribution >= 4 is 52.2 Å². The molecule has 0 aromatic carbocycles. The second-order valence-corrected chi connectivity index (χ2v) is 3.83. The number of rotatable bonds is 1. The third-order valence-electron chi connectivity index (χ3n) is 0.478. The first-order chi connectivity index (χ1) is 3.85. The highest BCUT2D eigenvalue weighted by Gasteiger charge is 2.35. The Bertz CT molecular complexity index is 117. The molecule has 0 aromatic rings. The van der Waals surface area contributed by atoms with E-state index in [9.17, 15) is 9.18 Å². The first kappa shape index (κ1) is 9.76. The minimum Gasteiger partial charge on any atom is -0.290 e. The van der Waals surface area contributed by atoms with E-state index in [4.69, 9.17) is 34.8 Å². The van der Waals surface area contributed by atoms with Crippen molar-refractivity contribution in [2.45, 2.75) is 9.42 Å². The maximum atomic E-state index is 11.8. The minimum absolute atomic E-state index is 1.27. The summed E-state index contributed by atoms with van der Waals surface area (Å²) >= 11 is 19.4. The fourth-order valence-electron chi connectivity index (χ4n) is 0.124. The Morgan fingerprint density at radius 1 is 1.44 bits per heavy atom. The highest BCUT2D eigenvalue weighted by molar-refractivity contribution is 6.77. The van der Waals surface area contributed by atoms with Gasteiger partial charge in [-0.25, -0.2) is 4.39 Å². The quantitative estimate of drug-likeness (QED) is 0.612. The number of ketones is 1. The summed E-state index contributed by atoms with van der Waals surface area (Å²) in [4.78, 5) is 10.3. The SMILES string of the molecule is O=C(C(F)Cl)C(Cl)(Cl)Cl. The van der Waals surface area contributed by atoms with E-state index in [2.05, 4.69) is 11.6 Å². The molecule has 0 heterocycles. The van der Waals surface area contributed by atoms with Gasteiger partial charge in [0, 0.05) is 0 Å². The van der Waals surface area contributed by atoms with E-state index in [0.717, 1.165) is 0 Å². The lowest BCUT2D eigenvalue weighted by Crippen LogP contribution is -2.25. The summed E-state index contributed by atoms with van der Waals surface area (Å²) in [6.45, 7) is 0. The molecule has 1 nitrogen and oxygen atoms in total. The summed E-state index contributed by atoms with van der Waals surface area (Å²) in [5, 5.41) is 0. The zero-order valence-electron chi connectivity index (χ0n) is 3.88. The average molecular weight is 214 g/mol. The summed E-state index contributed by atoms with van der Waals surface area (Å²) in [5.74, 6) is -1.27. The molecule has 0 fully saturated rings. The molecule has 0 aromatic heterocycles. The van der Waals surface area contributed by atoms with Crippen LogP contribution in [0.5, 0.6) is 0 Å². The molecule has 0 radical (unpaired) electrons. The second-order valence-electron chi connectivity index (χ2n) is 1.16. The van der Waals surface area contributed by atoms with E-state index < -0.39 is 15.2 Å². The molecule has 0 rings (SSSR count). The number of hydrogen-bond donors (Lipinski definition) is 0. The van der Waals surface area contributed by atoms with Gasteiger partial charge in [-0.3, -0.25) is 4.79 Å². The maximum absolute atomic E-state index is 11.8. The van der Waals surface area contributed by atoms with Crippen molar-refractivity contribution < 1.29 is 9.18 Å². The molecular weight excluding hydrogens is 213 g/mol. The third-order valence-corrected chi connectivity index (χ3v) is 1.23. The predicted octanol–water partition coefficient (Wildman–Crippen LogP) is 2.46. The van der Waals surface area contributed by atoms with Crippen molar-refractivity contribution in [3.05, 3.63) is 0 Å². The molecule has 0 aliphatic heterocycles. The molecule has 1 atom stereocenters. The third kappa shape index (κ3) is 3.46. The second kappa shape index (κ2) is 3.24. The van der Waals surface area contributed by atoms with Gasteiger partial charge in [0.15, 0.2) is 0 Å². The van der Waals surface area contributed by atoms with Crippen molar-refractivity contribution in [2.75, 3.05) is 0 Å². The lowest BCUT2D eigenvalue weighted by Gasteiger charge is -2.07. The molecular formula is C3HCl4FO. The molecule has 0 aliphatic rings. The van der Waals surface area contributed by atoms with Crippen LogP contribution < -0.4 is 0 Å². The van der Waals surface area contributed by atoms with Gasteiger partial charge in [-0.1, -0.05) is 46.4 Å². The Morgan fingerprint density at radius 2 is 1.78 bits per heavy atom. The van der Waals surface area contributed by atoms with Gasteiger partial charge in [0.2, 0.25) is 11.4 Å². The number of Topliss-reactive ketones (excluding diaryl/α,β-unsaturated/α-hetero) is 1. The normalized spacial score (nSPS) is 15.2. The Balaban J connectivity index is 4.06. The molecule has 54 valence electrons. The lowest BCUT2D eigenvalue weighted by atomic mass is 10.5. The first-order valence-corrected chi connectivity index (χ1v) is 3.32. The van der Waals surface area contributed by atoms with Gasteiger partial charge in [-0.15, -0.1) is 0 Å². The van der Waals surface area contributed by atoms with Crippen molar-refractivity contribution in [2.24, 2.45) is 0 Å². The highest BCUT2D eigenvalue weighted by atomic mass is 35.6.